The third-order valence-electron chi connectivity index (χ3n) is 5.18. The Kier molecular flexibility index (Phi) is 6.60. The van der Waals surface area contributed by atoms with Gasteiger partial charge in [0.25, 0.3) is 0 Å². The van der Waals surface area contributed by atoms with Crippen molar-refractivity contribution >= 4 is 17.6 Å². The second-order valence-electron chi connectivity index (χ2n) is 7.49. The first kappa shape index (κ1) is 19.2. The fraction of sp³-hybridized carbons (Fsp3) is 0.500. The zero-order valence-electron chi connectivity index (χ0n) is 16.5. The smallest absolute Gasteiger partial charge is 0.132 e. The summed E-state index contributed by atoms with van der Waals surface area (Å²) in [7, 11) is 0. The second-order valence-corrected chi connectivity index (χ2v) is 8.37. The molecule has 0 aliphatic carbocycles. The minimum Gasteiger partial charge on any atom is -0.354 e. The number of nitrogens with zero attached hydrogens (tertiary/aromatic N) is 2. The summed E-state index contributed by atoms with van der Waals surface area (Å²) in [4.78, 5) is 8.90. The van der Waals surface area contributed by atoms with Crippen molar-refractivity contribution in [2.75, 3.05) is 37.3 Å². The summed E-state index contributed by atoms with van der Waals surface area (Å²) in [5.41, 5.74) is 3.97. The summed E-state index contributed by atoms with van der Waals surface area (Å²) in [6, 6.07) is 13.4. The summed E-state index contributed by atoms with van der Waals surface area (Å²) in [6.45, 7) is 11.0. The van der Waals surface area contributed by atoms with Crippen LogP contribution in [0.1, 0.15) is 49.4 Å². The number of nitrogens with one attached hydrogen (secondary N) is 1. The van der Waals surface area contributed by atoms with E-state index in [2.05, 4.69) is 73.6 Å². The van der Waals surface area contributed by atoms with Crippen molar-refractivity contribution < 1.29 is 0 Å². The molecule has 140 valence electrons. The summed E-state index contributed by atoms with van der Waals surface area (Å²) in [5.74, 6) is 2.16. The number of anilines is 1. The van der Waals surface area contributed by atoms with Gasteiger partial charge in [-0.1, -0.05) is 39.0 Å². The topological polar surface area (TPSA) is 28.2 Å². The molecule has 1 aliphatic heterocycles. The lowest BCUT2D eigenvalue weighted by molar-refractivity contribution is 0.580. The van der Waals surface area contributed by atoms with Crippen molar-refractivity contribution in [1.29, 1.82) is 0 Å². The monoisotopic (exact) mass is 369 g/mol. The highest BCUT2D eigenvalue weighted by Gasteiger charge is 2.19. The van der Waals surface area contributed by atoms with Gasteiger partial charge < -0.3 is 10.2 Å². The third kappa shape index (κ3) is 4.60. The van der Waals surface area contributed by atoms with Crippen molar-refractivity contribution in [2.45, 2.75) is 43.9 Å². The van der Waals surface area contributed by atoms with Crippen molar-refractivity contribution in [3.63, 3.8) is 0 Å². The molecule has 1 aliphatic rings. The van der Waals surface area contributed by atoms with Crippen LogP contribution in [-0.4, -0.2) is 37.4 Å². The largest absolute Gasteiger partial charge is 0.354 e. The van der Waals surface area contributed by atoms with Crippen LogP contribution in [-0.2, 0) is 6.42 Å². The highest BCUT2D eigenvalue weighted by atomic mass is 32.2. The van der Waals surface area contributed by atoms with Gasteiger partial charge in [0, 0.05) is 36.8 Å². The molecule has 1 fully saturated rings. The molecule has 0 radical (unpaired) electrons. The Morgan fingerprint density at radius 1 is 1.12 bits per heavy atom. The van der Waals surface area contributed by atoms with Crippen LogP contribution in [0.4, 0.5) is 5.82 Å². The average molecular weight is 370 g/mol. The average Bonchev–Trinajstić information content (AvgIpc) is 2.68. The number of hydrogen-bond donors (Lipinski definition) is 1. The lowest BCUT2D eigenvalue weighted by Crippen LogP contribution is -2.44. The Bertz CT molecular complexity index is 723. The minimum atomic E-state index is 0.468. The molecule has 0 amide bonds. The van der Waals surface area contributed by atoms with Crippen LogP contribution in [0.5, 0.6) is 0 Å². The second kappa shape index (κ2) is 8.92. The first-order valence-electron chi connectivity index (χ1n) is 9.68. The van der Waals surface area contributed by atoms with Crippen molar-refractivity contribution in [1.82, 2.24) is 10.3 Å². The minimum absolute atomic E-state index is 0.468. The van der Waals surface area contributed by atoms with E-state index in [1.165, 1.54) is 27.5 Å². The van der Waals surface area contributed by atoms with Crippen molar-refractivity contribution in [3.05, 3.63) is 53.2 Å². The molecule has 3 rings (SSSR count). The van der Waals surface area contributed by atoms with E-state index in [0.29, 0.717) is 11.8 Å². The summed E-state index contributed by atoms with van der Waals surface area (Å²) < 4.78 is 0. The number of benzene rings is 1. The molecule has 1 N–H and O–H groups in total. The fourth-order valence-electron chi connectivity index (χ4n) is 3.57. The molecule has 0 unspecified atom stereocenters. The highest BCUT2D eigenvalue weighted by molar-refractivity contribution is 7.98. The number of pyridine rings is 1. The molecule has 4 heteroatoms. The van der Waals surface area contributed by atoms with Gasteiger partial charge in [-0.15, -0.1) is 11.8 Å². The van der Waals surface area contributed by atoms with Gasteiger partial charge in [0.05, 0.1) is 0 Å². The lowest BCUT2D eigenvalue weighted by Gasteiger charge is -2.31. The molecule has 2 aromatic rings. The Morgan fingerprint density at radius 3 is 2.58 bits per heavy atom. The van der Waals surface area contributed by atoms with Crippen LogP contribution in [0.3, 0.4) is 0 Å². The Morgan fingerprint density at radius 2 is 1.88 bits per heavy atom. The van der Waals surface area contributed by atoms with Crippen LogP contribution in [0.25, 0.3) is 0 Å². The van der Waals surface area contributed by atoms with E-state index in [1.54, 1.807) is 11.8 Å². The Labute approximate surface area is 162 Å². The number of thioether (sulfide) groups is 1. The van der Waals surface area contributed by atoms with E-state index in [1.807, 2.05) is 0 Å². The number of piperazine rings is 1. The van der Waals surface area contributed by atoms with Gasteiger partial charge in [0.2, 0.25) is 0 Å². The molecule has 0 spiro atoms. The maximum absolute atomic E-state index is 5.12. The van der Waals surface area contributed by atoms with Gasteiger partial charge in [0.1, 0.15) is 5.82 Å². The molecule has 2 heterocycles. The standard InChI is InChI=1S/C22H31N3S/c1-16(2)21-9-8-19(24-22(21)25-12-10-23-11-13-25)14-17(3)18-6-5-7-20(15-18)26-4/h5-9,15-17,23H,10-14H2,1-4H3/t17-/m1/s1. The van der Waals surface area contributed by atoms with Crippen molar-refractivity contribution in [2.24, 2.45) is 0 Å². The van der Waals surface area contributed by atoms with Gasteiger partial charge in [-0.3, -0.25) is 0 Å². The lowest BCUT2D eigenvalue weighted by atomic mass is 9.95. The summed E-state index contributed by atoms with van der Waals surface area (Å²) in [5, 5.41) is 3.44. The van der Waals surface area contributed by atoms with Gasteiger partial charge >= 0.3 is 0 Å². The number of rotatable bonds is 6. The first-order chi connectivity index (χ1) is 12.6. The number of hydrogen-bond acceptors (Lipinski definition) is 4. The van der Waals surface area contributed by atoms with Crippen LogP contribution in [0.15, 0.2) is 41.3 Å². The molecule has 0 saturated carbocycles. The highest BCUT2D eigenvalue weighted by Crippen LogP contribution is 2.29. The predicted octanol–water partition coefficient (Wildman–Crippen LogP) is 4.68. The summed E-state index contributed by atoms with van der Waals surface area (Å²) in [6.07, 6.45) is 3.12. The van der Waals surface area contributed by atoms with E-state index < -0.39 is 0 Å². The van der Waals surface area contributed by atoms with E-state index in [4.69, 9.17) is 4.98 Å². The molecule has 1 atom stereocenters. The van der Waals surface area contributed by atoms with E-state index in [9.17, 15) is 0 Å². The van der Waals surface area contributed by atoms with E-state index in [0.717, 1.165) is 32.6 Å². The van der Waals surface area contributed by atoms with Crippen LogP contribution >= 0.6 is 11.8 Å². The molecular weight excluding hydrogens is 338 g/mol. The van der Waals surface area contributed by atoms with Crippen LogP contribution in [0, 0.1) is 0 Å². The Balaban J connectivity index is 1.83. The normalized spacial score (nSPS) is 16.1. The molecule has 0 bridgehead atoms. The van der Waals surface area contributed by atoms with E-state index >= 15 is 0 Å². The zero-order chi connectivity index (χ0) is 18.5. The molecular formula is C22H31N3S. The van der Waals surface area contributed by atoms with Gasteiger partial charge in [-0.05, 0) is 53.8 Å². The molecule has 3 nitrogen and oxygen atoms in total. The molecule has 1 aromatic carbocycles. The maximum atomic E-state index is 5.12. The van der Waals surface area contributed by atoms with Crippen LogP contribution in [0.2, 0.25) is 0 Å². The maximum Gasteiger partial charge on any atom is 0.132 e. The van der Waals surface area contributed by atoms with Gasteiger partial charge in [-0.2, -0.15) is 0 Å². The predicted molar refractivity (Wildman–Crippen MR) is 114 cm³/mol. The van der Waals surface area contributed by atoms with Gasteiger partial charge in [-0.25, -0.2) is 4.98 Å². The first-order valence-corrected chi connectivity index (χ1v) is 10.9. The van der Waals surface area contributed by atoms with Crippen LogP contribution < -0.4 is 10.2 Å². The summed E-state index contributed by atoms with van der Waals surface area (Å²) >= 11 is 1.80. The van der Waals surface area contributed by atoms with Crippen molar-refractivity contribution in [3.8, 4) is 0 Å². The molecule has 1 aromatic heterocycles. The quantitative estimate of drug-likeness (QED) is 0.748. The van der Waals surface area contributed by atoms with E-state index in [-0.39, 0.29) is 0 Å². The third-order valence-corrected chi connectivity index (χ3v) is 5.91. The fourth-order valence-corrected chi connectivity index (χ4v) is 4.04. The number of aromatic nitrogens is 1. The SMILES string of the molecule is CSc1cccc([C@H](C)Cc2ccc(C(C)C)c(N3CCNCC3)n2)c1. The molecule has 1 saturated heterocycles. The van der Waals surface area contributed by atoms with Gasteiger partial charge in [0.15, 0.2) is 0 Å². The zero-order valence-corrected chi connectivity index (χ0v) is 17.3. The Hall–Kier alpha value is -1.52. The molecule has 26 heavy (non-hydrogen) atoms.